The summed E-state index contributed by atoms with van der Waals surface area (Å²) in [5.41, 5.74) is 0. The molecule has 1 heterocycles. The molecular weight excluding hydrogens is 309 g/mol. The number of halogens is 2. The standard InChI is InChI=1S/C6H5BrINO/c1-10-6-4(7)2-9-3-5(6)8/h2-3H,1H3. The maximum atomic E-state index is 5.08. The molecule has 0 spiro atoms. The van der Waals surface area contributed by atoms with Crippen LogP contribution >= 0.6 is 38.5 Å². The minimum absolute atomic E-state index is 0.843. The Balaban J connectivity index is 3.17. The molecule has 4 heteroatoms. The zero-order valence-corrected chi connectivity index (χ0v) is 9.01. The summed E-state index contributed by atoms with van der Waals surface area (Å²) < 4.78 is 6.98. The van der Waals surface area contributed by atoms with E-state index in [1.165, 1.54) is 0 Å². The van der Waals surface area contributed by atoms with E-state index in [1.807, 2.05) is 0 Å². The third-order valence-corrected chi connectivity index (χ3v) is 2.35. The molecule has 0 aliphatic carbocycles. The van der Waals surface area contributed by atoms with E-state index in [0.29, 0.717) is 0 Å². The highest BCUT2D eigenvalue weighted by Gasteiger charge is 2.02. The molecule has 0 unspecified atom stereocenters. The van der Waals surface area contributed by atoms with Gasteiger partial charge < -0.3 is 4.74 Å². The Kier molecular flexibility index (Phi) is 2.91. The number of ether oxygens (including phenoxy) is 1. The van der Waals surface area contributed by atoms with E-state index < -0.39 is 0 Å². The molecule has 1 aromatic rings. The topological polar surface area (TPSA) is 22.1 Å². The van der Waals surface area contributed by atoms with Crippen molar-refractivity contribution < 1.29 is 4.74 Å². The van der Waals surface area contributed by atoms with Crippen molar-refractivity contribution in [1.82, 2.24) is 4.98 Å². The summed E-state index contributed by atoms with van der Waals surface area (Å²) in [6.45, 7) is 0. The maximum absolute atomic E-state index is 5.08. The normalized spacial score (nSPS) is 9.50. The van der Waals surface area contributed by atoms with Crippen molar-refractivity contribution in [1.29, 1.82) is 0 Å². The summed E-state index contributed by atoms with van der Waals surface area (Å²) >= 11 is 5.48. The Morgan fingerprint density at radius 2 is 2.30 bits per heavy atom. The quantitative estimate of drug-likeness (QED) is 0.743. The number of methoxy groups -OCH3 is 1. The van der Waals surface area contributed by atoms with E-state index >= 15 is 0 Å². The summed E-state index contributed by atoms with van der Waals surface area (Å²) in [7, 11) is 1.64. The van der Waals surface area contributed by atoms with Crippen LogP contribution in [0.25, 0.3) is 0 Å². The lowest BCUT2D eigenvalue weighted by atomic mass is 10.5. The Bertz CT molecular complexity index is 221. The van der Waals surface area contributed by atoms with Crippen LogP contribution in [0.4, 0.5) is 0 Å². The Hall–Kier alpha value is 0.160. The van der Waals surface area contributed by atoms with Gasteiger partial charge in [0.2, 0.25) is 0 Å². The molecule has 10 heavy (non-hydrogen) atoms. The highest BCUT2D eigenvalue weighted by Crippen LogP contribution is 2.28. The number of rotatable bonds is 1. The molecule has 0 atom stereocenters. The number of nitrogens with zero attached hydrogens (tertiary/aromatic N) is 1. The van der Waals surface area contributed by atoms with Crippen LogP contribution in [0, 0.1) is 3.57 Å². The van der Waals surface area contributed by atoms with Crippen molar-refractivity contribution >= 4 is 38.5 Å². The first-order valence-corrected chi connectivity index (χ1v) is 4.46. The van der Waals surface area contributed by atoms with Gasteiger partial charge in [-0.2, -0.15) is 0 Å². The molecular formula is C6H5BrINO. The third-order valence-electron chi connectivity index (χ3n) is 1.01. The molecule has 0 N–H and O–H groups in total. The van der Waals surface area contributed by atoms with Crippen molar-refractivity contribution in [3.8, 4) is 5.75 Å². The summed E-state index contributed by atoms with van der Waals surface area (Å²) in [5.74, 6) is 0.843. The van der Waals surface area contributed by atoms with Crippen molar-refractivity contribution in [3.05, 3.63) is 20.4 Å². The van der Waals surface area contributed by atoms with Crippen molar-refractivity contribution in [2.45, 2.75) is 0 Å². The van der Waals surface area contributed by atoms with Gasteiger partial charge in [-0.05, 0) is 38.5 Å². The van der Waals surface area contributed by atoms with Crippen molar-refractivity contribution in [2.24, 2.45) is 0 Å². The average molecular weight is 314 g/mol. The number of hydrogen-bond donors (Lipinski definition) is 0. The van der Waals surface area contributed by atoms with Crippen LogP contribution in [0.1, 0.15) is 0 Å². The van der Waals surface area contributed by atoms with Gasteiger partial charge in [-0.3, -0.25) is 4.98 Å². The molecule has 0 aliphatic heterocycles. The molecule has 0 saturated carbocycles. The fraction of sp³-hybridized carbons (Fsp3) is 0.167. The van der Waals surface area contributed by atoms with Gasteiger partial charge >= 0.3 is 0 Å². The van der Waals surface area contributed by atoms with E-state index in [1.54, 1.807) is 19.5 Å². The Morgan fingerprint density at radius 1 is 1.60 bits per heavy atom. The molecule has 54 valence electrons. The molecule has 0 fully saturated rings. The van der Waals surface area contributed by atoms with E-state index in [-0.39, 0.29) is 0 Å². The second kappa shape index (κ2) is 3.52. The van der Waals surface area contributed by atoms with E-state index in [2.05, 4.69) is 43.5 Å². The number of pyridine rings is 1. The van der Waals surface area contributed by atoms with Crippen LogP contribution in [-0.4, -0.2) is 12.1 Å². The predicted octanol–water partition coefficient (Wildman–Crippen LogP) is 2.46. The highest BCUT2D eigenvalue weighted by molar-refractivity contribution is 14.1. The monoisotopic (exact) mass is 313 g/mol. The van der Waals surface area contributed by atoms with Crippen molar-refractivity contribution in [2.75, 3.05) is 7.11 Å². The number of aromatic nitrogens is 1. The van der Waals surface area contributed by atoms with Crippen LogP contribution in [0.2, 0.25) is 0 Å². The van der Waals surface area contributed by atoms with Gasteiger partial charge in [-0.15, -0.1) is 0 Å². The molecule has 0 aliphatic rings. The van der Waals surface area contributed by atoms with Gasteiger partial charge in [0.25, 0.3) is 0 Å². The van der Waals surface area contributed by atoms with Crippen LogP contribution in [-0.2, 0) is 0 Å². The SMILES string of the molecule is COc1c(Br)cncc1I. The molecule has 1 aromatic heterocycles. The van der Waals surface area contributed by atoms with Gasteiger partial charge in [-0.25, -0.2) is 0 Å². The van der Waals surface area contributed by atoms with E-state index in [9.17, 15) is 0 Å². The Labute approximate surface area is 81.3 Å². The van der Waals surface area contributed by atoms with Gasteiger partial charge in [0.15, 0.2) is 0 Å². The average Bonchev–Trinajstić information content (AvgIpc) is 1.88. The highest BCUT2D eigenvalue weighted by atomic mass is 127. The molecule has 1 rings (SSSR count). The van der Waals surface area contributed by atoms with Gasteiger partial charge in [0.05, 0.1) is 15.2 Å². The fourth-order valence-corrected chi connectivity index (χ4v) is 2.13. The summed E-state index contributed by atoms with van der Waals surface area (Å²) in [5, 5.41) is 0. The second-order valence-electron chi connectivity index (χ2n) is 1.64. The first kappa shape index (κ1) is 8.26. The van der Waals surface area contributed by atoms with Gasteiger partial charge in [-0.1, -0.05) is 0 Å². The molecule has 0 radical (unpaired) electrons. The predicted molar refractivity (Wildman–Crippen MR) is 51.2 cm³/mol. The van der Waals surface area contributed by atoms with Gasteiger partial charge in [0.1, 0.15) is 5.75 Å². The largest absolute Gasteiger partial charge is 0.494 e. The molecule has 2 nitrogen and oxygen atoms in total. The van der Waals surface area contributed by atoms with Crippen LogP contribution < -0.4 is 4.74 Å². The van der Waals surface area contributed by atoms with Crippen LogP contribution in [0.3, 0.4) is 0 Å². The zero-order valence-electron chi connectivity index (χ0n) is 5.27. The molecule has 0 saturated heterocycles. The van der Waals surface area contributed by atoms with E-state index in [4.69, 9.17) is 4.74 Å². The summed E-state index contributed by atoms with van der Waals surface area (Å²) in [6, 6.07) is 0. The Morgan fingerprint density at radius 3 is 2.70 bits per heavy atom. The molecule has 0 amide bonds. The summed E-state index contributed by atoms with van der Waals surface area (Å²) in [4.78, 5) is 3.96. The maximum Gasteiger partial charge on any atom is 0.149 e. The lowest BCUT2D eigenvalue weighted by Crippen LogP contribution is -1.88. The fourth-order valence-electron chi connectivity index (χ4n) is 0.594. The first-order valence-electron chi connectivity index (χ1n) is 2.58. The second-order valence-corrected chi connectivity index (χ2v) is 3.65. The van der Waals surface area contributed by atoms with Crippen molar-refractivity contribution in [3.63, 3.8) is 0 Å². The smallest absolute Gasteiger partial charge is 0.149 e. The number of hydrogen-bond acceptors (Lipinski definition) is 2. The summed E-state index contributed by atoms with van der Waals surface area (Å²) in [6.07, 6.45) is 3.46. The zero-order chi connectivity index (χ0) is 7.56. The minimum Gasteiger partial charge on any atom is -0.494 e. The molecule has 0 aromatic carbocycles. The lowest BCUT2D eigenvalue weighted by Gasteiger charge is -2.02. The third kappa shape index (κ3) is 1.60. The lowest BCUT2D eigenvalue weighted by molar-refractivity contribution is 0.408. The van der Waals surface area contributed by atoms with Gasteiger partial charge in [0, 0.05) is 12.4 Å². The molecule has 0 bridgehead atoms. The van der Waals surface area contributed by atoms with Crippen LogP contribution in [0.15, 0.2) is 16.9 Å². The van der Waals surface area contributed by atoms with E-state index in [0.717, 1.165) is 13.8 Å². The van der Waals surface area contributed by atoms with Crippen LogP contribution in [0.5, 0.6) is 5.75 Å². The minimum atomic E-state index is 0.843. The first-order chi connectivity index (χ1) is 4.75.